The van der Waals surface area contributed by atoms with Gasteiger partial charge in [0.2, 0.25) is 0 Å². The summed E-state index contributed by atoms with van der Waals surface area (Å²) in [7, 11) is -0.986. The van der Waals surface area contributed by atoms with E-state index in [4.69, 9.17) is 9.31 Å². The van der Waals surface area contributed by atoms with Gasteiger partial charge in [0.15, 0.2) is 17.9 Å². The van der Waals surface area contributed by atoms with Gasteiger partial charge in [-0.2, -0.15) is 0 Å². The monoisotopic (exact) mass is 268 g/mol. The number of hydrogen-bond acceptors (Lipinski definition) is 3. The lowest BCUT2D eigenvalue weighted by Gasteiger charge is -2.32. The normalized spacial score (nSPS) is 20.6. The van der Waals surface area contributed by atoms with Gasteiger partial charge in [0.25, 0.3) is 0 Å². The molecule has 0 atom stereocenters. The Balaban J connectivity index is 2.41. The van der Waals surface area contributed by atoms with E-state index in [0.29, 0.717) is 0 Å². The van der Waals surface area contributed by atoms with Crippen LogP contribution in [0.3, 0.4) is 0 Å². The van der Waals surface area contributed by atoms with E-state index in [1.807, 2.05) is 27.7 Å². The quantitative estimate of drug-likeness (QED) is 0.608. The Morgan fingerprint density at radius 3 is 2.05 bits per heavy atom. The van der Waals surface area contributed by atoms with Gasteiger partial charge in [-0.25, -0.2) is 8.78 Å². The summed E-state index contributed by atoms with van der Waals surface area (Å²) in [6.07, 6.45) is 0.270. The lowest BCUT2D eigenvalue weighted by molar-refractivity contribution is 0.00578. The maximum Gasteiger partial charge on any atom is 0.497 e. The van der Waals surface area contributed by atoms with Crippen molar-refractivity contribution in [2.75, 3.05) is 0 Å². The van der Waals surface area contributed by atoms with Crippen molar-refractivity contribution in [1.29, 1.82) is 0 Å². The Morgan fingerprint density at radius 1 is 1.05 bits per heavy atom. The van der Waals surface area contributed by atoms with Crippen LogP contribution >= 0.6 is 0 Å². The molecule has 0 aliphatic carbocycles. The van der Waals surface area contributed by atoms with Crippen LogP contribution in [0.1, 0.15) is 38.1 Å². The van der Waals surface area contributed by atoms with Crippen LogP contribution < -0.4 is 5.46 Å². The number of carbonyl (C=O) groups is 1. The first-order valence-corrected chi connectivity index (χ1v) is 5.98. The minimum absolute atomic E-state index is 0.0400. The Labute approximate surface area is 111 Å². The van der Waals surface area contributed by atoms with Crippen molar-refractivity contribution in [1.82, 2.24) is 0 Å². The van der Waals surface area contributed by atoms with Crippen LogP contribution in [0.25, 0.3) is 0 Å². The standard InChI is InChI=1S/C13H15BF2O3/c1-12(2)13(3,4)19-14(18-12)9-6-5-8(7-17)10(15)11(9)16/h5-7H,1-4H3. The Kier molecular flexibility index (Phi) is 3.27. The molecule has 3 nitrogen and oxygen atoms in total. The van der Waals surface area contributed by atoms with Gasteiger partial charge in [-0.05, 0) is 33.8 Å². The van der Waals surface area contributed by atoms with Crippen LogP contribution in [0.5, 0.6) is 0 Å². The summed E-state index contributed by atoms with van der Waals surface area (Å²) in [5.74, 6) is -2.29. The van der Waals surface area contributed by atoms with Crippen LogP contribution in [0.15, 0.2) is 12.1 Å². The molecule has 0 spiro atoms. The fraction of sp³-hybridized carbons (Fsp3) is 0.462. The van der Waals surface area contributed by atoms with Crippen molar-refractivity contribution in [2.24, 2.45) is 0 Å². The minimum Gasteiger partial charge on any atom is -0.399 e. The molecular formula is C13H15BF2O3. The molecule has 1 aliphatic heterocycles. The van der Waals surface area contributed by atoms with E-state index in [0.717, 1.165) is 0 Å². The smallest absolute Gasteiger partial charge is 0.399 e. The van der Waals surface area contributed by atoms with Gasteiger partial charge < -0.3 is 9.31 Å². The maximum atomic E-state index is 13.9. The summed E-state index contributed by atoms with van der Waals surface area (Å²) >= 11 is 0. The molecule has 0 aromatic heterocycles. The lowest BCUT2D eigenvalue weighted by Crippen LogP contribution is -2.41. The third-order valence-corrected chi connectivity index (χ3v) is 3.78. The van der Waals surface area contributed by atoms with E-state index in [2.05, 4.69) is 0 Å². The molecule has 0 unspecified atom stereocenters. The highest BCUT2D eigenvalue weighted by molar-refractivity contribution is 6.62. The molecular weight excluding hydrogens is 253 g/mol. The third-order valence-electron chi connectivity index (χ3n) is 3.78. The molecule has 1 fully saturated rings. The number of rotatable bonds is 2. The summed E-state index contributed by atoms with van der Waals surface area (Å²) in [5.41, 5.74) is -1.63. The summed E-state index contributed by atoms with van der Waals surface area (Å²) in [6.45, 7) is 7.28. The summed E-state index contributed by atoms with van der Waals surface area (Å²) < 4.78 is 38.8. The topological polar surface area (TPSA) is 35.5 Å². The number of carbonyl (C=O) groups excluding carboxylic acids is 1. The molecule has 1 aromatic rings. The van der Waals surface area contributed by atoms with Gasteiger partial charge in [0.1, 0.15) is 0 Å². The highest BCUT2D eigenvalue weighted by Crippen LogP contribution is 2.36. The molecule has 1 aromatic carbocycles. The highest BCUT2D eigenvalue weighted by atomic mass is 19.2. The average Bonchev–Trinajstić information content (AvgIpc) is 2.51. The first-order valence-electron chi connectivity index (χ1n) is 5.98. The molecule has 0 saturated carbocycles. The second-order valence-electron chi connectivity index (χ2n) is 5.58. The number of benzene rings is 1. The summed E-state index contributed by atoms with van der Waals surface area (Å²) in [6, 6.07) is 2.52. The molecule has 0 radical (unpaired) electrons. The minimum atomic E-state index is -1.18. The molecule has 19 heavy (non-hydrogen) atoms. The zero-order valence-corrected chi connectivity index (χ0v) is 11.3. The first kappa shape index (κ1) is 14.2. The molecule has 6 heteroatoms. The molecule has 0 amide bonds. The van der Waals surface area contributed by atoms with Gasteiger partial charge in [0.05, 0.1) is 16.8 Å². The van der Waals surface area contributed by atoms with Crippen LogP contribution in [0.2, 0.25) is 0 Å². The molecule has 0 bridgehead atoms. The fourth-order valence-electron chi connectivity index (χ4n) is 1.82. The maximum absolute atomic E-state index is 13.9. The van der Waals surface area contributed by atoms with Crippen LogP contribution in [-0.2, 0) is 9.31 Å². The van der Waals surface area contributed by atoms with E-state index in [-0.39, 0.29) is 17.3 Å². The molecule has 1 heterocycles. The predicted octanol–water partition coefficient (Wildman–Crippen LogP) is 2.08. The third kappa shape index (κ3) is 2.19. The van der Waals surface area contributed by atoms with E-state index in [9.17, 15) is 13.6 Å². The Hall–Kier alpha value is -1.27. The van der Waals surface area contributed by atoms with Gasteiger partial charge >= 0.3 is 7.12 Å². The molecule has 1 saturated heterocycles. The predicted molar refractivity (Wildman–Crippen MR) is 67.5 cm³/mol. The number of halogens is 2. The van der Waals surface area contributed by atoms with E-state index in [1.54, 1.807) is 0 Å². The van der Waals surface area contributed by atoms with Crippen molar-refractivity contribution < 1.29 is 22.9 Å². The molecule has 102 valence electrons. The van der Waals surface area contributed by atoms with E-state index in [1.165, 1.54) is 12.1 Å². The van der Waals surface area contributed by atoms with Crippen molar-refractivity contribution in [2.45, 2.75) is 38.9 Å². The van der Waals surface area contributed by atoms with Gasteiger partial charge in [-0.1, -0.05) is 6.07 Å². The van der Waals surface area contributed by atoms with Gasteiger partial charge in [-0.15, -0.1) is 0 Å². The van der Waals surface area contributed by atoms with Crippen molar-refractivity contribution in [3.8, 4) is 0 Å². The van der Waals surface area contributed by atoms with Gasteiger partial charge in [0, 0.05) is 5.46 Å². The zero-order chi connectivity index (χ0) is 14.4. The first-order chi connectivity index (χ1) is 8.69. The zero-order valence-electron chi connectivity index (χ0n) is 11.3. The second-order valence-corrected chi connectivity index (χ2v) is 5.58. The second kappa shape index (κ2) is 4.39. The van der Waals surface area contributed by atoms with Crippen LogP contribution in [0.4, 0.5) is 8.78 Å². The number of hydrogen-bond donors (Lipinski definition) is 0. The average molecular weight is 268 g/mol. The SMILES string of the molecule is CC1(C)OB(c2ccc(C=O)c(F)c2F)OC1(C)C. The van der Waals surface area contributed by atoms with Crippen molar-refractivity contribution >= 4 is 18.9 Å². The van der Waals surface area contributed by atoms with E-state index < -0.39 is 30.0 Å². The summed E-state index contributed by atoms with van der Waals surface area (Å²) in [5, 5.41) is 0. The Bertz CT molecular complexity index is 513. The van der Waals surface area contributed by atoms with Crippen molar-refractivity contribution in [3.63, 3.8) is 0 Å². The van der Waals surface area contributed by atoms with E-state index >= 15 is 0 Å². The lowest BCUT2D eigenvalue weighted by atomic mass is 9.78. The summed E-state index contributed by atoms with van der Waals surface area (Å²) in [4.78, 5) is 10.5. The molecule has 1 aliphatic rings. The molecule has 2 rings (SSSR count). The van der Waals surface area contributed by atoms with Crippen molar-refractivity contribution in [3.05, 3.63) is 29.3 Å². The number of aldehydes is 1. The Morgan fingerprint density at radius 2 is 1.58 bits per heavy atom. The molecule has 0 N–H and O–H groups in total. The largest absolute Gasteiger partial charge is 0.497 e. The van der Waals surface area contributed by atoms with Crippen LogP contribution in [-0.4, -0.2) is 24.6 Å². The van der Waals surface area contributed by atoms with Crippen LogP contribution in [0, 0.1) is 11.6 Å². The van der Waals surface area contributed by atoms with Gasteiger partial charge in [-0.3, -0.25) is 4.79 Å². The fourth-order valence-corrected chi connectivity index (χ4v) is 1.82. The highest BCUT2D eigenvalue weighted by Gasteiger charge is 2.52.